The monoisotopic (exact) mass is 157 g/mol. The molecule has 1 saturated carbocycles. The predicted octanol–water partition coefficient (Wildman–Crippen LogP) is 1.24. The third kappa shape index (κ3) is 2.80. The van der Waals surface area contributed by atoms with Crippen molar-refractivity contribution in [1.82, 2.24) is 4.90 Å². The normalized spacial score (nSPS) is 33.8. The van der Waals surface area contributed by atoms with Gasteiger partial charge in [-0.3, -0.25) is 0 Å². The van der Waals surface area contributed by atoms with Gasteiger partial charge in [0.25, 0.3) is 0 Å². The Bertz CT molecular complexity index is 114. The molecule has 66 valence electrons. The Hall–Kier alpha value is -0.0800. The summed E-state index contributed by atoms with van der Waals surface area (Å²) >= 11 is 0. The summed E-state index contributed by atoms with van der Waals surface area (Å²) < 4.78 is 0. The number of aliphatic hydroxyl groups is 1. The summed E-state index contributed by atoms with van der Waals surface area (Å²) in [5.74, 6) is 0. The molecule has 0 amide bonds. The highest BCUT2D eigenvalue weighted by Crippen LogP contribution is 2.20. The summed E-state index contributed by atoms with van der Waals surface area (Å²) in [7, 11) is 4.20. The fourth-order valence-electron chi connectivity index (χ4n) is 1.78. The summed E-state index contributed by atoms with van der Waals surface area (Å²) in [6, 6.07) is 0.604. The fraction of sp³-hybridized carbons (Fsp3) is 1.00. The molecule has 0 aromatic rings. The molecule has 2 atom stereocenters. The molecule has 1 rings (SSSR count). The van der Waals surface area contributed by atoms with Gasteiger partial charge in [0.2, 0.25) is 0 Å². The maximum absolute atomic E-state index is 9.48. The predicted molar refractivity (Wildman–Crippen MR) is 46.6 cm³/mol. The fourth-order valence-corrected chi connectivity index (χ4v) is 1.78. The van der Waals surface area contributed by atoms with E-state index in [1.807, 2.05) is 0 Å². The van der Waals surface area contributed by atoms with Crippen LogP contribution in [-0.4, -0.2) is 36.2 Å². The Morgan fingerprint density at radius 1 is 1.18 bits per heavy atom. The van der Waals surface area contributed by atoms with E-state index in [0.29, 0.717) is 6.04 Å². The summed E-state index contributed by atoms with van der Waals surface area (Å²) in [6.45, 7) is 0. The molecule has 0 aromatic heterocycles. The third-order valence-electron chi connectivity index (χ3n) is 2.60. The largest absolute Gasteiger partial charge is 0.393 e. The van der Waals surface area contributed by atoms with Crippen molar-refractivity contribution in [3.05, 3.63) is 0 Å². The van der Waals surface area contributed by atoms with Crippen LogP contribution in [0.15, 0.2) is 0 Å². The maximum atomic E-state index is 9.48. The minimum absolute atomic E-state index is 0.0510. The Balaban J connectivity index is 2.39. The van der Waals surface area contributed by atoms with Gasteiger partial charge in [-0.15, -0.1) is 0 Å². The molecule has 0 saturated heterocycles. The second kappa shape index (κ2) is 4.07. The molecule has 11 heavy (non-hydrogen) atoms. The van der Waals surface area contributed by atoms with Crippen LogP contribution in [0.25, 0.3) is 0 Å². The molecule has 2 nitrogen and oxygen atoms in total. The number of hydrogen-bond donors (Lipinski definition) is 1. The number of rotatable bonds is 1. The Labute approximate surface area is 69.2 Å². The van der Waals surface area contributed by atoms with E-state index < -0.39 is 0 Å². The lowest BCUT2D eigenvalue weighted by Crippen LogP contribution is -2.30. The summed E-state index contributed by atoms with van der Waals surface area (Å²) in [5, 5.41) is 9.48. The van der Waals surface area contributed by atoms with Gasteiger partial charge in [0, 0.05) is 6.04 Å². The van der Waals surface area contributed by atoms with E-state index in [2.05, 4.69) is 19.0 Å². The first-order valence-corrected chi connectivity index (χ1v) is 4.54. The first-order chi connectivity index (χ1) is 5.20. The van der Waals surface area contributed by atoms with Crippen molar-refractivity contribution in [3.8, 4) is 0 Å². The van der Waals surface area contributed by atoms with E-state index in [0.717, 1.165) is 12.8 Å². The second-order valence-electron chi connectivity index (χ2n) is 3.79. The first-order valence-electron chi connectivity index (χ1n) is 4.54. The van der Waals surface area contributed by atoms with Crippen LogP contribution in [0.4, 0.5) is 0 Å². The van der Waals surface area contributed by atoms with E-state index in [-0.39, 0.29) is 6.10 Å². The van der Waals surface area contributed by atoms with E-state index in [1.165, 1.54) is 19.3 Å². The highest BCUT2D eigenvalue weighted by Gasteiger charge is 2.19. The molecular formula is C9H19NO. The molecule has 0 aliphatic heterocycles. The van der Waals surface area contributed by atoms with E-state index in [4.69, 9.17) is 0 Å². The topological polar surface area (TPSA) is 23.5 Å². The molecular weight excluding hydrogens is 138 g/mol. The van der Waals surface area contributed by atoms with Crippen molar-refractivity contribution in [3.63, 3.8) is 0 Å². The number of nitrogens with zero attached hydrogens (tertiary/aromatic N) is 1. The van der Waals surface area contributed by atoms with Crippen LogP contribution in [0, 0.1) is 0 Å². The minimum Gasteiger partial charge on any atom is -0.393 e. The lowest BCUT2D eigenvalue weighted by atomic mass is 10.1. The zero-order valence-electron chi connectivity index (χ0n) is 7.58. The van der Waals surface area contributed by atoms with Crippen molar-refractivity contribution < 1.29 is 5.11 Å². The Kier molecular flexibility index (Phi) is 3.34. The van der Waals surface area contributed by atoms with Gasteiger partial charge in [0.1, 0.15) is 0 Å². The first kappa shape index (κ1) is 9.01. The smallest absolute Gasteiger partial charge is 0.0555 e. The van der Waals surface area contributed by atoms with E-state index in [1.54, 1.807) is 0 Å². The second-order valence-corrected chi connectivity index (χ2v) is 3.79. The zero-order valence-corrected chi connectivity index (χ0v) is 7.58. The van der Waals surface area contributed by atoms with Crippen LogP contribution in [0.2, 0.25) is 0 Å². The summed E-state index contributed by atoms with van der Waals surface area (Å²) in [4.78, 5) is 2.23. The average Bonchev–Trinajstić information content (AvgIpc) is 2.13. The lowest BCUT2D eigenvalue weighted by Gasteiger charge is -2.23. The third-order valence-corrected chi connectivity index (χ3v) is 2.60. The molecule has 0 unspecified atom stereocenters. The summed E-state index contributed by atoms with van der Waals surface area (Å²) in [5.41, 5.74) is 0. The highest BCUT2D eigenvalue weighted by atomic mass is 16.3. The van der Waals surface area contributed by atoms with Crippen LogP contribution in [-0.2, 0) is 0 Å². The maximum Gasteiger partial charge on any atom is 0.0555 e. The van der Waals surface area contributed by atoms with Crippen molar-refractivity contribution in [1.29, 1.82) is 0 Å². The van der Waals surface area contributed by atoms with Crippen molar-refractivity contribution in [2.24, 2.45) is 0 Å². The molecule has 1 aliphatic carbocycles. The van der Waals surface area contributed by atoms with Crippen LogP contribution < -0.4 is 0 Å². The van der Waals surface area contributed by atoms with Gasteiger partial charge < -0.3 is 10.0 Å². The molecule has 0 radical (unpaired) electrons. The van der Waals surface area contributed by atoms with Crippen molar-refractivity contribution >= 4 is 0 Å². The average molecular weight is 157 g/mol. The molecule has 0 bridgehead atoms. The van der Waals surface area contributed by atoms with Gasteiger partial charge in [-0.1, -0.05) is 12.8 Å². The molecule has 1 N–H and O–H groups in total. The Morgan fingerprint density at radius 3 is 2.45 bits per heavy atom. The number of hydrogen-bond acceptors (Lipinski definition) is 2. The SMILES string of the molecule is CN(C)[C@H]1CCCC[C@@H](O)C1. The van der Waals surface area contributed by atoms with Gasteiger partial charge in [-0.05, 0) is 33.4 Å². The molecule has 2 heteroatoms. The molecule has 0 heterocycles. The minimum atomic E-state index is -0.0510. The Morgan fingerprint density at radius 2 is 1.82 bits per heavy atom. The summed E-state index contributed by atoms with van der Waals surface area (Å²) in [6.07, 6.45) is 5.65. The highest BCUT2D eigenvalue weighted by molar-refractivity contribution is 4.74. The van der Waals surface area contributed by atoms with Gasteiger partial charge in [-0.2, -0.15) is 0 Å². The molecule has 0 aromatic carbocycles. The van der Waals surface area contributed by atoms with Gasteiger partial charge in [-0.25, -0.2) is 0 Å². The number of aliphatic hydroxyl groups excluding tert-OH is 1. The van der Waals surface area contributed by atoms with Crippen molar-refractivity contribution in [2.45, 2.75) is 44.2 Å². The molecule has 0 spiro atoms. The lowest BCUT2D eigenvalue weighted by molar-refractivity contribution is 0.125. The van der Waals surface area contributed by atoms with E-state index in [9.17, 15) is 5.11 Å². The van der Waals surface area contributed by atoms with Crippen LogP contribution in [0.3, 0.4) is 0 Å². The van der Waals surface area contributed by atoms with Gasteiger partial charge >= 0.3 is 0 Å². The van der Waals surface area contributed by atoms with Crippen LogP contribution >= 0.6 is 0 Å². The zero-order chi connectivity index (χ0) is 8.27. The molecule has 1 fully saturated rings. The van der Waals surface area contributed by atoms with E-state index >= 15 is 0 Å². The van der Waals surface area contributed by atoms with Crippen LogP contribution in [0.1, 0.15) is 32.1 Å². The van der Waals surface area contributed by atoms with Crippen LogP contribution in [0.5, 0.6) is 0 Å². The quantitative estimate of drug-likeness (QED) is 0.579. The standard InChI is InChI=1S/C9H19NO/c1-10(2)8-5-3-4-6-9(11)7-8/h8-9,11H,3-7H2,1-2H3/t8-,9+/m0/s1. The van der Waals surface area contributed by atoms with Gasteiger partial charge in [0.15, 0.2) is 0 Å². The molecule has 1 aliphatic rings. The van der Waals surface area contributed by atoms with Gasteiger partial charge in [0.05, 0.1) is 6.10 Å². The van der Waals surface area contributed by atoms with Crippen molar-refractivity contribution in [2.75, 3.05) is 14.1 Å².